The van der Waals surface area contributed by atoms with Crippen LogP contribution in [0.1, 0.15) is 132 Å². The van der Waals surface area contributed by atoms with Crippen LogP contribution in [0, 0.1) is 29.1 Å². The molecule has 0 nitrogen and oxygen atoms in total. The molecule has 3 unspecified atom stereocenters. The fourth-order valence-corrected chi connectivity index (χ4v) is 3.79. The Balaban J connectivity index is 3.78. The summed E-state index contributed by atoms with van der Waals surface area (Å²) in [5.74, 6) is 3.63. The van der Waals surface area contributed by atoms with Crippen LogP contribution >= 0.6 is 0 Å². The molecule has 0 bridgehead atoms. The van der Waals surface area contributed by atoms with Gasteiger partial charge in [-0.1, -0.05) is 120 Å². The SMILES string of the molecule is CCC(C)CCCCC(C)(C)CCC(C)CCC(C)CCCC(C)C. The van der Waals surface area contributed by atoms with E-state index >= 15 is 0 Å². The number of rotatable bonds is 16. The fourth-order valence-electron chi connectivity index (χ4n) is 3.79. The summed E-state index contributed by atoms with van der Waals surface area (Å²) in [7, 11) is 0. The summed E-state index contributed by atoms with van der Waals surface area (Å²) in [5, 5.41) is 0. The van der Waals surface area contributed by atoms with Crippen LogP contribution in [0.4, 0.5) is 0 Å². The van der Waals surface area contributed by atoms with Crippen LogP contribution in [-0.2, 0) is 0 Å². The largest absolute Gasteiger partial charge is 0.0651 e. The van der Waals surface area contributed by atoms with Crippen LogP contribution in [0.15, 0.2) is 0 Å². The van der Waals surface area contributed by atoms with E-state index in [2.05, 4.69) is 55.4 Å². The molecule has 0 amide bonds. The maximum atomic E-state index is 2.50. The van der Waals surface area contributed by atoms with E-state index in [1.54, 1.807) is 0 Å². The Labute approximate surface area is 161 Å². The summed E-state index contributed by atoms with van der Waals surface area (Å²) >= 11 is 0. The molecule has 0 radical (unpaired) electrons. The molecular weight excluding hydrogens is 300 g/mol. The van der Waals surface area contributed by atoms with Gasteiger partial charge in [0.25, 0.3) is 0 Å². The van der Waals surface area contributed by atoms with E-state index in [1.165, 1.54) is 77.0 Å². The molecule has 152 valence electrons. The van der Waals surface area contributed by atoms with Gasteiger partial charge in [-0.3, -0.25) is 0 Å². The molecule has 0 aromatic heterocycles. The second kappa shape index (κ2) is 14.1. The molecule has 0 saturated carbocycles. The Morgan fingerprint density at radius 1 is 0.560 bits per heavy atom. The lowest BCUT2D eigenvalue weighted by Crippen LogP contribution is -2.13. The van der Waals surface area contributed by atoms with Gasteiger partial charge in [0, 0.05) is 0 Å². The summed E-state index contributed by atoms with van der Waals surface area (Å²) in [6, 6.07) is 0. The molecule has 0 spiro atoms. The molecule has 0 aliphatic heterocycles. The van der Waals surface area contributed by atoms with E-state index in [0.29, 0.717) is 5.41 Å². The summed E-state index contributed by atoms with van der Waals surface area (Å²) in [6.07, 6.45) is 17.0. The van der Waals surface area contributed by atoms with Crippen LogP contribution in [-0.4, -0.2) is 0 Å². The van der Waals surface area contributed by atoms with Gasteiger partial charge in [-0.2, -0.15) is 0 Å². The number of hydrogen-bond donors (Lipinski definition) is 0. The van der Waals surface area contributed by atoms with Gasteiger partial charge in [-0.15, -0.1) is 0 Å². The third-order valence-electron chi connectivity index (χ3n) is 6.44. The first-order valence-corrected chi connectivity index (χ1v) is 11.7. The normalized spacial score (nSPS) is 16.2. The molecule has 0 saturated heterocycles. The average molecular weight is 353 g/mol. The van der Waals surface area contributed by atoms with Gasteiger partial charge in [0.2, 0.25) is 0 Å². The summed E-state index contributed by atoms with van der Waals surface area (Å²) in [5.41, 5.74) is 0.548. The van der Waals surface area contributed by atoms with Gasteiger partial charge >= 0.3 is 0 Å². The molecule has 0 aliphatic carbocycles. The van der Waals surface area contributed by atoms with E-state index in [9.17, 15) is 0 Å². The van der Waals surface area contributed by atoms with Crippen molar-refractivity contribution >= 4 is 0 Å². The monoisotopic (exact) mass is 352 g/mol. The van der Waals surface area contributed by atoms with Crippen molar-refractivity contribution in [3.05, 3.63) is 0 Å². The highest BCUT2D eigenvalue weighted by Gasteiger charge is 2.19. The Bertz CT molecular complexity index is 288. The summed E-state index contributed by atoms with van der Waals surface area (Å²) < 4.78 is 0. The molecule has 0 aromatic rings. The van der Waals surface area contributed by atoms with Gasteiger partial charge in [-0.05, 0) is 41.9 Å². The van der Waals surface area contributed by atoms with Crippen LogP contribution in [0.3, 0.4) is 0 Å². The first kappa shape index (κ1) is 25.0. The zero-order valence-electron chi connectivity index (χ0n) is 19.3. The second-order valence-electron chi connectivity index (χ2n) is 10.6. The van der Waals surface area contributed by atoms with E-state index in [-0.39, 0.29) is 0 Å². The Kier molecular flexibility index (Phi) is 14.1. The minimum absolute atomic E-state index is 0.548. The van der Waals surface area contributed by atoms with Crippen molar-refractivity contribution in [2.75, 3.05) is 0 Å². The standard InChI is InChI=1S/C25H52/c1-9-22(4)14-10-11-19-25(7,8)20-18-24(6)17-16-23(5)15-12-13-21(2)3/h21-24H,9-20H2,1-8H3. The zero-order chi connectivity index (χ0) is 19.3. The van der Waals surface area contributed by atoms with Crippen molar-refractivity contribution in [1.29, 1.82) is 0 Å². The lowest BCUT2D eigenvalue weighted by Gasteiger charge is -2.27. The minimum Gasteiger partial charge on any atom is -0.0651 e. The molecule has 3 atom stereocenters. The van der Waals surface area contributed by atoms with Crippen LogP contribution in [0.25, 0.3) is 0 Å². The van der Waals surface area contributed by atoms with E-state index in [0.717, 1.165) is 23.7 Å². The van der Waals surface area contributed by atoms with Gasteiger partial charge in [0.15, 0.2) is 0 Å². The first-order chi connectivity index (χ1) is 11.7. The van der Waals surface area contributed by atoms with Gasteiger partial charge in [-0.25, -0.2) is 0 Å². The molecule has 0 fully saturated rings. The first-order valence-electron chi connectivity index (χ1n) is 11.7. The van der Waals surface area contributed by atoms with E-state index in [1.807, 2.05) is 0 Å². The average Bonchev–Trinajstić information content (AvgIpc) is 2.54. The molecule has 0 N–H and O–H groups in total. The predicted molar refractivity (Wildman–Crippen MR) is 117 cm³/mol. The van der Waals surface area contributed by atoms with Crippen molar-refractivity contribution in [2.45, 2.75) is 132 Å². The predicted octanol–water partition coefficient (Wildman–Crippen LogP) is 9.28. The Morgan fingerprint density at radius 2 is 1.12 bits per heavy atom. The molecule has 0 heterocycles. The number of unbranched alkanes of at least 4 members (excludes halogenated alkanes) is 1. The van der Waals surface area contributed by atoms with Crippen molar-refractivity contribution < 1.29 is 0 Å². The minimum atomic E-state index is 0.548. The molecule has 0 aliphatic rings. The summed E-state index contributed by atoms with van der Waals surface area (Å²) in [4.78, 5) is 0. The van der Waals surface area contributed by atoms with Crippen molar-refractivity contribution in [3.8, 4) is 0 Å². The molecule has 0 aromatic carbocycles. The van der Waals surface area contributed by atoms with Crippen molar-refractivity contribution in [1.82, 2.24) is 0 Å². The van der Waals surface area contributed by atoms with E-state index in [4.69, 9.17) is 0 Å². The smallest absolute Gasteiger partial charge is 0.0354 e. The quantitative estimate of drug-likeness (QED) is 0.243. The van der Waals surface area contributed by atoms with E-state index < -0.39 is 0 Å². The topological polar surface area (TPSA) is 0 Å². The highest BCUT2D eigenvalue weighted by Crippen LogP contribution is 2.32. The zero-order valence-corrected chi connectivity index (χ0v) is 19.3. The lowest BCUT2D eigenvalue weighted by molar-refractivity contribution is 0.256. The van der Waals surface area contributed by atoms with Crippen LogP contribution in [0.2, 0.25) is 0 Å². The highest BCUT2D eigenvalue weighted by atomic mass is 14.2. The van der Waals surface area contributed by atoms with Crippen LogP contribution in [0.5, 0.6) is 0 Å². The fraction of sp³-hybridized carbons (Fsp3) is 1.00. The Hall–Kier alpha value is 0. The number of hydrogen-bond acceptors (Lipinski definition) is 0. The van der Waals surface area contributed by atoms with Gasteiger partial charge < -0.3 is 0 Å². The van der Waals surface area contributed by atoms with Crippen LogP contribution < -0.4 is 0 Å². The lowest BCUT2D eigenvalue weighted by atomic mass is 9.79. The molecular formula is C25H52. The highest BCUT2D eigenvalue weighted by molar-refractivity contribution is 4.71. The maximum absolute atomic E-state index is 2.50. The Morgan fingerprint density at radius 3 is 1.68 bits per heavy atom. The summed E-state index contributed by atoms with van der Waals surface area (Å²) in [6.45, 7) is 19.4. The maximum Gasteiger partial charge on any atom is -0.0354 e. The molecule has 25 heavy (non-hydrogen) atoms. The van der Waals surface area contributed by atoms with Crippen molar-refractivity contribution in [2.24, 2.45) is 29.1 Å². The van der Waals surface area contributed by atoms with Gasteiger partial charge in [0.05, 0.1) is 0 Å². The molecule has 0 heteroatoms. The third-order valence-corrected chi connectivity index (χ3v) is 6.44. The second-order valence-corrected chi connectivity index (χ2v) is 10.6. The van der Waals surface area contributed by atoms with Gasteiger partial charge in [0.1, 0.15) is 0 Å². The molecule has 0 rings (SSSR count). The van der Waals surface area contributed by atoms with Crippen molar-refractivity contribution in [3.63, 3.8) is 0 Å². The third kappa shape index (κ3) is 15.9.